The molecule has 0 bridgehead atoms. The van der Waals surface area contributed by atoms with Gasteiger partial charge in [-0.15, -0.1) is 0 Å². The first-order valence-corrected chi connectivity index (χ1v) is 11.3. The van der Waals surface area contributed by atoms with Gasteiger partial charge in [0.25, 0.3) is 5.91 Å². The molecule has 0 aliphatic carbocycles. The second kappa shape index (κ2) is 10.7. The number of anilines is 2. The van der Waals surface area contributed by atoms with E-state index in [-0.39, 0.29) is 5.91 Å². The highest BCUT2D eigenvalue weighted by Gasteiger charge is 2.26. The fourth-order valence-corrected chi connectivity index (χ4v) is 4.48. The lowest BCUT2D eigenvalue weighted by atomic mass is 10.0. The summed E-state index contributed by atoms with van der Waals surface area (Å²) >= 11 is 0. The van der Waals surface area contributed by atoms with Gasteiger partial charge < -0.3 is 29.2 Å². The van der Waals surface area contributed by atoms with E-state index in [4.69, 9.17) is 18.9 Å². The summed E-state index contributed by atoms with van der Waals surface area (Å²) < 4.78 is 21.6. The number of carbonyl (C=O) groups excluding carboxylic acids is 1. The number of morpholine rings is 1. The molecular weight excluding hydrogens is 424 g/mol. The van der Waals surface area contributed by atoms with Crippen LogP contribution in [0.15, 0.2) is 30.3 Å². The number of nitrogens with zero attached hydrogens (tertiary/aromatic N) is 3. The molecule has 4 rings (SSSR count). The quantitative estimate of drug-likeness (QED) is 0.681. The van der Waals surface area contributed by atoms with Gasteiger partial charge in [0.2, 0.25) is 5.75 Å². The van der Waals surface area contributed by atoms with E-state index in [0.717, 1.165) is 58.1 Å². The molecule has 9 nitrogen and oxygen atoms in total. The van der Waals surface area contributed by atoms with Crippen LogP contribution >= 0.6 is 0 Å². The predicted octanol–water partition coefficient (Wildman–Crippen LogP) is 2.66. The highest BCUT2D eigenvalue weighted by Crippen LogP contribution is 2.40. The average Bonchev–Trinajstić information content (AvgIpc) is 2.88. The third-order valence-corrected chi connectivity index (χ3v) is 6.24. The number of amides is 1. The Morgan fingerprint density at radius 2 is 1.67 bits per heavy atom. The standard InChI is InChI=1S/C24H32N4O5/c1-30-20-15-17(16-21(31-2)23(20)32-3)25-24(29)19-5-4-6-22(26-19)28-9-7-18(8-10-28)27-11-13-33-14-12-27/h4-6,15-16,18H,7-14H2,1-3H3,(H,25,29). The van der Waals surface area contributed by atoms with Crippen molar-refractivity contribution in [1.82, 2.24) is 9.88 Å². The van der Waals surface area contributed by atoms with Crippen LogP contribution in [0.1, 0.15) is 23.3 Å². The Balaban J connectivity index is 1.42. The molecule has 2 aromatic rings. The fraction of sp³-hybridized carbons (Fsp3) is 0.500. The summed E-state index contributed by atoms with van der Waals surface area (Å²) in [5, 5.41) is 2.89. The summed E-state index contributed by atoms with van der Waals surface area (Å²) in [4.78, 5) is 22.4. The van der Waals surface area contributed by atoms with Gasteiger partial charge in [-0.25, -0.2) is 4.98 Å². The predicted molar refractivity (Wildman–Crippen MR) is 126 cm³/mol. The number of hydrogen-bond donors (Lipinski definition) is 1. The number of nitrogens with one attached hydrogen (secondary N) is 1. The number of piperidine rings is 1. The van der Waals surface area contributed by atoms with Crippen LogP contribution in [0, 0.1) is 0 Å². The van der Waals surface area contributed by atoms with E-state index in [1.54, 1.807) is 18.2 Å². The van der Waals surface area contributed by atoms with E-state index in [1.807, 2.05) is 12.1 Å². The van der Waals surface area contributed by atoms with Gasteiger partial charge in [0.1, 0.15) is 11.5 Å². The average molecular weight is 457 g/mol. The van der Waals surface area contributed by atoms with Gasteiger partial charge in [-0.05, 0) is 25.0 Å². The van der Waals surface area contributed by atoms with Crippen molar-refractivity contribution >= 4 is 17.4 Å². The van der Waals surface area contributed by atoms with Crippen molar-refractivity contribution in [3.63, 3.8) is 0 Å². The zero-order valence-corrected chi connectivity index (χ0v) is 19.5. The maximum Gasteiger partial charge on any atom is 0.274 e. The molecule has 178 valence electrons. The number of aromatic nitrogens is 1. The Labute approximate surface area is 194 Å². The smallest absolute Gasteiger partial charge is 0.274 e. The molecule has 1 aromatic heterocycles. The molecule has 2 saturated heterocycles. The van der Waals surface area contributed by atoms with E-state index < -0.39 is 0 Å². The van der Waals surface area contributed by atoms with E-state index in [0.29, 0.717) is 34.7 Å². The first-order valence-electron chi connectivity index (χ1n) is 11.3. The zero-order chi connectivity index (χ0) is 23.2. The molecule has 2 aliphatic heterocycles. The summed E-state index contributed by atoms with van der Waals surface area (Å²) in [5.74, 6) is 1.94. The van der Waals surface area contributed by atoms with Crippen LogP contribution < -0.4 is 24.4 Å². The summed E-state index contributed by atoms with van der Waals surface area (Å²) in [7, 11) is 4.62. The third kappa shape index (κ3) is 5.31. The summed E-state index contributed by atoms with van der Waals surface area (Å²) in [6.07, 6.45) is 2.17. The van der Waals surface area contributed by atoms with Crippen LogP contribution in [0.4, 0.5) is 11.5 Å². The van der Waals surface area contributed by atoms with Gasteiger partial charge in [0.15, 0.2) is 11.5 Å². The number of methoxy groups -OCH3 is 3. The molecule has 2 fully saturated rings. The maximum absolute atomic E-state index is 12.9. The van der Waals surface area contributed by atoms with E-state index in [2.05, 4.69) is 20.1 Å². The molecule has 3 heterocycles. The topological polar surface area (TPSA) is 85.4 Å². The third-order valence-electron chi connectivity index (χ3n) is 6.24. The van der Waals surface area contributed by atoms with Crippen LogP contribution in [0.3, 0.4) is 0 Å². The van der Waals surface area contributed by atoms with Gasteiger partial charge in [-0.3, -0.25) is 9.69 Å². The minimum atomic E-state index is -0.297. The van der Waals surface area contributed by atoms with E-state index in [1.165, 1.54) is 21.3 Å². The van der Waals surface area contributed by atoms with Crippen molar-refractivity contribution in [2.75, 3.05) is 70.9 Å². The number of ether oxygens (including phenoxy) is 4. The SMILES string of the molecule is COc1cc(NC(=O)c2cccc(N3CCC(N4CCOCC4)CC3)n2)cc(OC)c1OC. The Morgan fingerprint density at radius 3 is 2.27 bits per heavy atom. The Hall–Kier alpha value is -3.04. The van der Waals surface area contributed by atoms with Crippen LogP contribution in [-0.4, -0.2) is 82.6 Å². The lowest BCUT2D eigenvalue weighted by molar-refractivity contribution is 0.0115. The number of hydrogen-bond acceptors (Lipinski definition) is 8. The molecule has 2 aliphatic rings. The number of rotatable bonds is 7. The number of pyridine rings is 1. The van der Waals surface area contributed by atoms with Gasteiger partial charge in [0.05, 0.1) is 34.5 Å². The van der Waals surface area contributed by atoms with Gasteiger partial charge in [-0.1, -0.05) is 6.07 Å². The minimum absolute atomic E-state index is 0.297. The highest BCUT2D eigenvalue weighted by atomic mass is 16.5. The number of benzene rings is 1. The summed E-state index contributed by atoms with van der Waals surface area (Å²) in [6.45, 7) is 5.52. The fourth-order valence-electron chi connectivity index (χ4n) is 4.48. The molecule has 33 heavy (non-hydrogen) atoms. The van der Waals surface area contributed by atoms with Gasteiger partial charge >= 0.3 is 0 Å². The van der Waals surface area contributed by atoms with Crippen LogP contribution in [-0.2, 0) is 4.74 Å². The Kier molecular flexibility index (Phi) is 7.51. The molecule has 0 radical (unpaired) electrons. The van der Waals surface area contributed by atoms with Crippen molar-refractivity contribution in [3.8, 4) is 17.2 Å². The Morgan fingerprint density at radius 1 is 1.00 bits per heavy atom. The molecule has 0 atom stereocenters. The second-order valence-electron chi connectivity index (χ2n) is 8.12. The van der Waals surface area contributed by atoms with Crippen molar-refractivity contribution in [2.45, 2.75) is 18.9 Å². The van der Waals surface area contributed by atoms with Crippen LogP contribution in [0.5, 0.6) is 17.2 Å². The summed E-state index contributed by atoms with van der Waals surface area (Å²) in [6, 6.07) is 9.54. The number of carbonyl (C=O) groups is 1. The molecular formula is C24H32N4O5. The second-order valence-corrected chi connectivity index (χ2v) is 8.12. The minimum Gasteiger partial charge on any atom is -0.493 e. The normalized spacial score (nSPS) is 17.5. The molecule has 1 N–H and O–H groups in total. The van der Waals surface area contributed by atoms with Crippen molar-refractivity contribution in [1.29, 1.82) is 0 Å². The van der Waals surface area contributed by atoms with Crippen molar-refractivity contribution in [2.24, 2.45) is 0 Å². The van der Waals surface area contributed by atoms with Gasteiger partial charge in [0, 0.05) is 50.0 Å². The Bertz CT molecular complexity index is 931. The molecule has 9 heteroatoms. The highest BCUT2D eigenvalue weighted by molar-refractivity contribution is 6.03. The maximum atomic E-state index is 12.9. The zero-order valence-electron chi connectivity index (χ0n) is 19.5. The van der Waals surface area contributed by atoms with Crippen molar-refractivity contribution in [3.05, 3.63) is 36.0 Å². The van der Waals surface area contributed by atoms with Gasteiger partial charge in [-0.2, -0.15) is 0 Å². The molecule has 0 unspecified atom stereocenters. The lowest BCUT2D eigenvalue weighted by Gasteiger charge is -2.40. The monoisotopic (exact) mass is 456 g/mol. The molecule has 0 saturated carbocycles. The van der Waals surface area contributed by atoms with Crippen LogP contribution in [0.2, 0.25) is 0 Å². The van der Waals surface area contributed by atoms with Crippen molar-refractivity contribution < 1.29 is 23.7 Å². The lowest BCUT2D eigenvalue weighted by Crippen LogP contribution is -2.49. The molecule has 1 amide bonds. The largest absolute Gasteiger partial charge is 0.493 e. The molecule has 0 spiro atoms. The summed E-state index contributed by atoms with van der Waals surface area (Å²) in [5.41, 5.74) is 0.893. The van der Waals surface area contributed by atoms with Crippen LogP contribution in [0.25, 0.3) is 0 Å². The molecule has 1 aromatic carbocycles. The van der Waals surface area contributed by atoms with E-state index in [9.17, 15) is 4.79 Å². The first kappa shape index (κ1) is 23.1. The van der Waals surface area contributed by atoms with E-state index >= 15 is 0 Å². The first-order chi connectivity index (χ1) is 16.1.